The zero-order chi connectivity index (χ0) is 28.8. The fourth-order valence-electron chi connectivity index (χ4n) is 6.98. The van der Waals surface area contributed by atoms with Crippen LogP contribution in [-0.2, 0) is 24.0 Å². The Kier molecular flexibility index (Phi) is 7.72. The van der Waals surface area contributed by atoms with Crippen LogP contribution in [0.15, 0.2) is 54.6 Å². The van der Waals surface area contributed by atoms with Crippen molar-refractivity contribution in [3.05, 3.63) is 70.8 Å². The number of allylic oxidation sites excluding steroid dienone is 1. The van der Waals surface area contributed by atoms with Gasteiger partial charge in [0.2, 0.25) is 5.79 Å². The number of ketones is 1. The van der Waals surface area contributed by atoms with Crippen LogP contribution >= 0.6 is 11.6 Å². The zero-order valence-corrected chi connectivity index (χ0v) is 24.3. The summed E-state index contributed by atoms with van der Waals surface area (Å²) < 4.78 is 18.5. The molecule has 9 heteroatoms. The lowest BCUT2D eigenvalue weighted by atomic mass is 9.58. The first-order valence-electron chi connectivity index (χ1n) is 14.4. The van der Waals surface area contributed by atoms with E-state index in [-0.39, 0.29) is 36.1 Å². The van der Waals surface area contributed by atoms with Gasteiger partial charge in [0.15, 0.2) is 24.3 Å². The predicted octanol–water partition coefficient (Wildman–Crippen LogP) is 5.94. The highest BCUT2D eigenvalue weighted by Gasteiger charge is 2.69. The van der Waals surface area contributed by atoms with Gasteiger partial charge < -0.3 is 19.5 Å². The van der Waals surface area contributed by atoms with E-state index < -0.39 is 23.9 Å². The lowest BCUT2D eigenvalue weighted by molar-refractivity contribution is -0.571. The number of amides is 1. The Morgan fingerprint density at radius 1 is 1.02 bits per heavy atom. The van der Waals surface area contributed by atoms with Gasteiger partial charge in [-0.05, 0) is 86.1 Å². The number of ether oxygens (including phenoxy) is 3. The van der Waals surface area contributed by atoms with E-state index in [1.54, 1.807) is 42.5 Å². The first-order chi connectivity index (χ1) is 19.7. The molecule has 1 saturated carbocycles. The van der Waals surface area contributed by atoms with E-state index >= 15 is 0 Å². The number of benzene rings is 2. The van der Waals surface area contributed by atoms with Gasteiger partial charge in [-0.1, -0.05) is 43.7 Å². The summed E-state index contributed by atoms with van der Waals surface area (Å²) in [6.45, 7) is 6.06. The Labute approximate surface area is 245 Å². The number of hydrogen-bond acceptors (Lipinski definition) is 7. The van der Waals surface area contributed by atoms with Gasteiger partial charge in [-0.3, -0.25) is 9.59 Å². The highest BCUT2D eigenvalue weighted by molar-refractivity contribution is 6.30. The Morgan fingerprint density at radius 2 is 1.78 bits per heavy atom. The second-order valence-corrected chi connectivity index (χ2v) is 12.4. The van der Waals surface area contributed by atoms with Gasteiger partial charge in [0.25, 0.3) is 5.91 Å². The van der Waals surface area contributed by atoms with Crippen molar-refractivity contribution < 1.29 is 33.6 Å². The Morgan fingerprint density at radius 3 is 2.54 bits per heavy atom. The standard InChI is InChI=1S/C32H36ClNO7/c1-19-4-14-26-20(2)29(38-30-32(26)25(19)16-17-31(3,39-30)40-41-32)34-28(36)18-37-24-12-8-22(9-13-24)27(35)15-7-21-5-10-23(33)11-6-21/h5-13,15,19-20,25-26,29-30H,4,14,16-18H2,1-3H3,(H,34,36)/b15-7-/t19-,20-,25+,26+,29-,30-,31+,32-/m1/s1. The van der Waals surface area contributed by atoms with E-state index in [9.17, 15) is 9.59 Å². The van der Waals surface area contributed by atoms with Crippen molar-refractivity contribution in [3.63, 3.8) is 0 Å². The van der Waals surface area contributed by atoms with Gasteiger partial charge in [-0.2, -0.15) is 0 Å². The normalized spacial score (nSPS) is 35.9. The van der Waals surface area contributed by atoms with Crippen LogP contribution in [-0.4, -0.2) is 42.2 Å². The molecule has 5 fully saturated rings. The number of rotatable bonds is 7. The Balaban J connectivity index is 1.06. The van der Waals surface area contributed by atoms with Crippen molar-refractivity contribution in [2.45, 2.75) is 70.4 Å². The quantitative estimate of drug-likeness (QED) is 0.246. The van der Waals surface area contributed by atoms with Crippen LogP contribution in [0.5, 0.6) is 5.75 Å². The summed E-state index contributed by atoms with van der Waals surface area (Å²) in [6, 6.07) is 13.9. The summed E-state index contributed by atoms with van der Waals surface area (Å²) in [4.78, 5) is 37.5. The molecule has 8 nitrogen and oxygen atoms in total. The van der Waals surface area contributed by atoms with Gasteiger partial charge in [0, 0.05) is 28.8 Å². The van der Waals surface area contributed by atoms with Crippen molar-refractivity contribution in [1.82, 2.24) is 5.32 Å². The summed E-state index contributed by atoms with van der Waals surface area (Å²) in [5.41, 5.74) is 0.725. The highest BCUT2D eigenvalue weighted by Crippen LogP contribution is 2.60. The van der Waals surface area contributed by atoms with Crippen LogP contribution in [0.1, 0.15) is 62.4 Å². The molecule has 2 aromatic rings. The zero-order valence-electron chi connectivity index (χ0n) is 23.5. The molecule has 1 amide bonds. The van der Waals surface area contributed by atoms with Gasteiger partial charge in [-0.15, -0.1) is 0 Å². The Bertz CT molecular complexity index is 1310. The van der Waals surface area contributed by atoms with E-state index in [1.165, 1.54) is 6.08 Å². The summed E-state index contributed by atoms with van der Waals surface area (Å²) in [5.74, 6) is 0.0330. The van der Waals surface area contributed by atoms with E-state index in [4.69, 9.17) is 35.6 Å². The molecular formula is C32H36ClNO7. The summed E-state index contributed by atoms with van der Waals surface area (Å²) in [6.07, 6.45) is 5.81. The van der Waals surface area contributed by atoms with E-state index in [2.05, 4.69) is 19.2 Å². The predicted molar refractivity (Wildman–Crippen MR) is 152 cm³/mol. The molecule has 0 unspecified atom stereocenters. The number of nitrogens with one attached hydrogen (secondary N) is 1. The second-order valence-electron chi connectivity index (χ2n) is 12.0. The molecule has 7 rings (SSSR count). The van der Waals surface area contributed by atoms with Gasteiger partial charge in [-0.25, -0.2) is 9.78 Å². The van der Waals surface area contributed by atoms with Crippen molar-refractivity contribution in [3.8, 4) is 5.75 Å². The van der Waals surface area contributed by atoms with Crippen molar-refractivity contribution in [2.24, 2.45) is 23.7 Å². The molecule has 0 aromatic heterocycles. The third kappa shape index (κ3) is 5.44. The number of halogens is 1. The highest BCUT2D eigenvalue weighted by atomic mass is 35.5. The third-order valence-corrected chi connectivity index (χ3v) is 9.52. The number of hydrogen-bond donors (Lipinski definition) is 1. The molecule has 5 aliphatic rings. The molecule has 4 heterocycles. The lowest BCUT2D eigenvalue weighted by Crippen LogP contribution is -2.72. The topological polar surface area (TPSA) is 92.3 Å². The minimum Gasteiger partial charge on any atom is -0.484 e. The molecule has 218 valence electrons. The molecule has 1 spiro atoms. The van der Waals surface area contributed by atoms with Crippen LogP contribution in [0.2, 0.25) is 5.02 Å². The number of carbonyl (C=O) groups is 2. The monoisotopic (exact) mass is 581 g/mol. The van der Waals surface area contributed by atoms with Gasteiger partial charge >= 0.3 is 0 Å². The van der Waals surface area contributed by atoms with E-state index in [0.717, 1.165) is 31.2 Å². The SMILES string of the molecule is C[C@H]1[C@H](NC(=O)COc2ccc(C(=O)/C=C\c3ccc(Cl)cc3)cc2)O[C@@H]2O[C@]3(C)CC[C@H]4[C@H](C)CC[C@@H]1[C@@]24OO3. The maximum atomic E-state index is 12.9. The van der Waals surface area contributed by atoms with Gasteiger partial charge in [0.05, 0.1) is 0 Å². The molecule has 0 radical (unpaired) electrons. The fourth-order valence-corrected chi connectivity index (χ4v) is 7.10. The molecule has 4 saturated heterocycles. The molecule has 8 atom stereocenters. The smallest absolute Gasteiger partial charge is 0.259 e. The van der Waals surface area contributed by atoms with Crippen LogP contribution in [0.3, 0.4) is 0 Å². The van der Waals surface area contributed by atoms with Crippen LogP contribution in [0, 0.1) is 23.7 Å². The molecule has 1 N–H and O–H groups in total. The minimum absolute atomic E-state index is 0.00826. The molecule has 4 aliphatic heterocycles. The largest absolute Gasteiger partial charge is 0.484 e. The summed E-state index contributed by atoms with van der Waals surface area (Å²) >= 11 is 5.91. The van der Waals surface area contributed by atoms with E-state index in [1.807, 2.05) is 19.1 Å². The molecule has 41 heavy (non-hydrogen) atoms. The first kappa shape index (κ1) is 28.4. The van der Waals surface area contributed by atoms with Crippen LogP contribution < -0.4 is 10.1 Å². The average molecular weight is 582 g/mol. The Hall–Kier alpha value is -2.75. The molecular weight excluding hydrogens is 546 g/mol. The van der Waals surface area contributed by atoms with Crippen molar-refractivity contribution >= 4 is 29.4 Å². The van der Waals surface area contributed by atoms with E-state index in [0.29, 0.717) is 22.3 Å². The first-order valence-corrected chi connectivity index (χ1v) is 14.7. The molecule has 2 aromatic carbocycles. The van der Waals surface area contributed by atoms with Crippen LogP contribution in [0.4, 0.5) is 0 Å². The second kappa shape index (κ2) is 11.2. The van der Waals surface area contributed by atoms with Gasteiger partial charge in [0.1, 0.15) is 12.0 Å². The number of carbonyl (C=O) groups excluding carboxylic acids is 2. The maximum absolute atomic E-state index is 12.9. The summed E-state index contributed by atoms with van der Waals surface area (Å²) in [7, 11) is 0. The van der Waals surface area contributed by atoms with Crippen LogP contribution in [0.25, 0.3) is 6.08 Å². The number of fused-ring (bicyclic) bond motifs is 2. The molecule has 1 aliphatic carbocycles. The maximum Gasteiger partial charge on any atom is 0.259 e. The fraction of sp³-hybridized carbons (Fsp3) is 0.500. The lowest BCUT2D eigenvalue weighted by Gasteiger charge is -2.60. The third-order valence-electron chi connectivity index (χ3n) is 9.27. The minimum atomic E-state index is -0.866. The molecule has 2 bridgehead atoms. The summed E-state index contributed by atoms with van der Waals surface area (Å²) in [5, 5.41) is 3.65. The van der Waals surface area contributed by atoms with Crippen molar-refractivity contribution in [2.75, 3.05) is 6.61 Å². The van der Waals surface area contributed by atoms with Crippen molar-refractivity contribution in [1.29, 1.82) is 0 Å². The average Bonchev–Trinajstić information content (AvgIpc) is 3.20.